The summed E-state index contributed by atoms with van der Waals surface area (Å²) >= 11 is 5.98. The van der Waals surface area contributed by atoms with E-state index in [-0.39, 0.29) is 11.5 Å². The van der Waals surface area contributed by atoms with Crippen LogP contribution in [-0.4, -0.2) is 18.0 Å². The molecule has 5 nitrogen and oxygen atoms in total. The first-order chi connectivity index (χ1) is 9.61. The Hall–Kier alpha value is -2.27. The number of pyridine rings is 1. The summed E-state index contributed by atoms with van der Waals surface area (Å²) < 4.78 is 4.96. The number of nitrogens with zero attached hydrogens (tertiary/aromatic N) is 1. The number of benzene rings is 1. The molecule has 0 fully saturated rings. The van der Waals surface area contributed by atoms with Crippen molar-refractivity contribution in [3.8, 4) is 5.88 Å². The molecule has 2 aromatic rings. The molecular formula is C14H14ClN3O2. The van der Waals surface area contributed by atoms with Crippen LogP contribution in [0.2, 0.25) is 5.02 Å². The summed E-state index contributed by atoms with van der Waals surface area (Å²) in [6.07, 6.45) is 1.63. The van der Waals surface area contributed by atoms with Crippen molar-refractivity contribution >= 4 is 23.2 Å². The standard InChI is InChI=1S/C14H14ClN3O2/c1-20-12-6-5-9(7-17-12)8-18-14(19)13-10(15)3-2-4-11(13)16/h2-7H,8,16H2,1H3,(H,18,19). The quantitative estimate of drug-likeness (QED) is 0.847. The van der Waals surface area contributed by atoms with Crippen LogP contribution in [0.1, 0.15) is 15.9 Å². The second kappa shape index (κ2) is 6.25. The molecule has 1 aromatic heterocycles. The van der Waals surface area contributed by atoms with Gasteiger partial charge in [0, 0.05) is 24.5 Å². The van der Waals surface area contributed by atoms with Gasteiger partial charge in [0.1, 0.15) is 0 Å². The summed E-state index contributed by atoms with van der Waals surface area (Å²) in [5.74, 6) is 0.208. The third-order valence-corrected chi connectivity index (χ3v) is 3.05. The Bertz CT molecular complexity index is 594. The predicted octanol–water partition coefficient (Wildman–Crippen LogP) is 2.26. The van der Waals surface area contributed by atoms with Gasteiger partial charge < -0.3 is 15.8 Å². The van der Waals surface area contributed by atoms with E-state index in [1.54, 1.807) is 37.6 Å². The Kier molecular flexibility index (Phi) is 4.42. The summed E-state index contributed by atoms with van der Waals surface area (Å²) in [6, 6.07) is 8.51. The molecule has 0 atom stereocenters. The molecule has 0 radical (unpaired) electrons. The van der Waals surface area contributed by atoms with Crippen molar-refractivity contribution in [3.05, 3.63) is 52.7 Å². The molecule has 6 heteroatoms. The Morgan fingerprint density at radius 2 is 2.20 bits per heavy atom. The summed E-state index contributed by atoms with van der Waals surface area (Å²) in [6.45, 7) is 0.334. The lowest BCUT2D eigenvalue weighted by atomic mass is 10.1. The summed E-state index contributed by atoms with van der Waals surface area (Å²) in [4.78, 5) is 16.1. The largest absolute Gasteiger partial charge is 0.481 e. The molecule has 0 aliphatic carbocycles. The minimum atomic E-state index is -0.316. The van der Waals surface area contributed by atoms with Gasteiger partial charge in [-0.25, -0.2) is 4.98 Å². The van der Waals surface area contributed by atoms with Gasteiger partial charge in [-0.15, -0.1) is 0 Å². The average molecular weight is 292 g/mol. The van der Waals surface area contributed by atoms with Crippen molar-refractivity contribution in [2.24, 2.45) is 0 Å². The fourth-order valence-corrected chi connectivity index (χ4v) is 1.96. The van der Waals surface area contributed by atoms with Gasteiger partial charge in [-0.3, -0.25) is 4.79 Å². The monoisotopic (exact) mass is 291 g/mol. The van der Waals surface area contributed by atoms with Crippen LogP contribution in [0, 0.1) is 0 Å². The van der Waals surface area contributed by atoms with Crippen molar-refractivity contribution in [2.75, 3.05) is 12.8 Å². The molecule has 3 N–H and O–H groups in total. The van der Waals surface area contributed by atoms with Crippen molar-refractivity contribution in [1.82, 2.24) is 10.3 Å². The highest BCUT2D eigenvalue weighted by Crippen LogP contribution is 2.21. The highest BCUT2D eigenvalue weighted by Gasteiger charge is 2.13. The number of aromatic nitrogens is 1. The smallest absolute Gasteiger partial charge is 0.255 e. The lowest BCUT2D eigenvalue weighted by Crippen LogP contribution is -2.24. The van der Waals surface area contributed by atoms with Crippen molar-refractivity contribution in [3.63, 3.8) is 0 Å². The maximum absolute atomic E-state index is 12.1. The zero-order chi connectivity index (χ0) is 14.5. The average Bonchev–Trinajstić information content (AvgIpc) is 2.45. The normalized spacial score (nSPS) is 10.1. The number of ether oxygens (including phenoxy) is 1. The van der Waals surface area contributed by atoms with Crippen LogP contribution in [0.3, 0.4) is 0 Å². The molecular weight excluding hydrogens is 278 g/mol. The summed E-state index contributed by atoms with van der Waals surface area (Å²) in [5.41, 5.74) is 7.24. The number of nitrogens with two attached hydrogens (primary N) is 1. The predicted molar refractivity (Wildman–Crippen MR) is 77.8 cm³/mol. The van der Waals surface area contributed by atoms with Crippen LogP contribution in [0.5, 0.6) is 5.88 Å². The highest BCUT2D eigenvalue weighted by atomic mass is 35.5. The third-order valence-electron chi connectivity index (χ3n) is 2.73. The molecule has 0 saturated carbocycles. The maximum Gasteiger partial charge on any atom is 0.255 e. The van der Waals surface area contributed by atoms with E-state index < -0.39 is 0 Å². The highest BCUT2D eigenvalue weighted by molar-refractivity contribution is 6.34. The molecule has 1 aromatic carbocycles. The zero-order valence-corrected chi connectivity index (χ0v) is 11.6. The first-order valence-corrected chi connectivity index (χ1v) is 6.30. The number of hydrogen-bond donors (Lipinski definition) is 2. The minimum absolute atomic E-state index is 0.288. The number of carbonyl (C=O) groups is 1. The van der Waals surface area contributed by atoms with Gasteiger partial charge in [-0.1, -0.05) is 23.7 Å². The van der Waals surface area contributed by atoms with Crippen LogP contribution in [-0.2, 0) is 6.54 Å². The van der Waals surface area contributed by atoms with Crippen molar-refractivity contribution in [1.29, 1.82) is 0 Å². The topological polar surface area (TPSA) is 77.2 Å². The first kappa shape index (κ1) is 14.1. The second-order valence-corrected chi connectivity index (χ2v) is 4.50. The van der Waals surface area contributed by atoms with E-state index in [1.807, 2.05) is 6.07 Å². The molecule has 1 amide bonds. The fourth-order valence-electron chi connectivity index (χ4n) is 1.69. The lowest BCUT2D eigenvalue weighted by Gasteiger charge is -2.09. The van der Waals surface area contributed by atoms with E-state index in [0.717, 1.165) is 5.56 Å². The second-order valence-electron chi connectivity index (χ2n) is 4.10. The number of carbonyl (C=O) groups excluding carboxylic acids is 1. The Balaban J connectivity index is 2.05. The summed E-state index contributed by atoms with van der Waals surface area (Å²) in [5, 5.41) is 3.08. The van der Waals surface area contributed by atoms with E-state index in [0.29, 0.717) is 23.1 Å². The van der Waals surface area contributed by atoms with E-state index in [9.17, 15) is 4.79 Å². The maximum atomic E-state index is 12.1. The molecule has 0 unspecified atom stereocenters. The van der Waals surface area contributed by atoms with Crippen molar-refractivity contribution in [2.45, 2.75) is 6.54 Å². The van der Waals surface area contributed by atoms with Gasteiger partial charge in [-0.2, -0.15) is 0 Å². The van der Waals surface area contributed by atoms with Gasteiger partial charge in [0.15, 0.2) is 0 Å². The number of halogens is 1. The van der Waals surface area contributed by atoms with E-state index >= 15 is 0 Å². The Morgan fingerprint density at radius 1 is 1.40 bits per heavy atom. The van der Waals surface area contributed by atoms with Crippen molar-refractivity contribution < 1.29 is 9.53 Å². The zero-order valence-electron chi connectivity index (χ0n) is 10.9. The fraction of sp³-hybridized carbons (Fsp3) is 0.143. The van der Waals surface area contributed by atoms with Gasteiger partial charge in [0.25, 0.3) is 5.91 Å². The SMILES string of the molecule is COc1ccc(CNC(=O)c2c(N)cccc2Cl)cn1. The van der Waals surface area contributed by atoms with E-state index in [4.69, 9.17) is 22.1 Å². The summed E-state index contributed by atoms with van der Waals surface area (Å²) in [7, 11) is 1.55. The number of amides is 1. The molecule has 0 bridgehead atoms. The molecule has 0 saturated heterocycles. The Morgan fingerprint density at radius 3 is 2.80 bits per heavy atom. The van der Waals surface area contributed by atoms with Crippen LogP contribution >= 0.6 is 11.6 Å². The molecule has 0 aliphatic rings. The number of nitrogen functional groups attached to an aromatic ring is 1. The van der Waals surface area contributed by atoms with Crippen LogP contribution in [0.15, 0.2) is 36.5 Å². The molecule has 2 rings (SSSR count). The van der Waals surface area contributed by atoms with Crippen LogP contribution < -0.4 is 15.8 Å². The van der Waals surface area contributed by atoms with Crippen LogP contribution in [0.4, 0.5) is 5.69 Å². The van der Waals surface area contributed by atoms with E-state index in [1.165, 1.54) is 0 Å². The molecule has 0 aliphatic heterocycles. The van der Waals surface area contributed by atoms with Gasteiger partial charge in [-0.05, 0) is 17.7 Å². The third kappa shape index (κ3) is 3.19. The van der Waals surface area contributed by atoms with Crippen LogP contribution in [0.25, 0.3) is 0 Å². The number of nitrogens with one attached hydrogen (secondary N) is 1. The molecule has 104 valence electrons. The van der Waals surface area contributed by atoms with E-state index in [2.05, 4.69) is 10.3 Å². The van der Waals surface area contributed by atoms with Gasteiger partial charge in [0.05, 0.1) is 17.7 Å². The number of rotatable bonds is 4. The lowest BCUT2D eigenvalue weighted by molar-refractivity contribution is 0.0952. The van der Waals surface area contributed by atoms with Gasteiger partial charge in [0.2, 0.25) is 5.88 Å². The molecule has 0 spiro atoms. The number of anilines is 1. The molecule has 1 heterocycles. The number of hydrogen-bond acceptors (Lipinski definition) is 4. The Labute approximate surface area is 121 Å². The first-order valence-electron chi connectivity index (χ1n) is 5.93. The van der Waals surface area contributed by atoms with Gasteiger partial charge >= 0.3 is 0 Å². The minimum Gasteiger partial charge on any atom is -0.481 e. The number of methoxy groups -OCH3 is 1. The molecule has 20 heavy (non-hydrogen) atoms.